The molecule has 0 heterocycles. The van der Waals surface area contributed by atoms with Crippen LogP contribution in [0.25, 0.3) is 0 Å². The summed E-state index contributed by atoms with van der Waals surface area (Å²) in [6.45, 7) is 3.12. The number of halogens is 1. The maximum absolute atomic E-state index is 13.1. The van der Waals surface area contributed by atoms with Crippen LogP contribution in [0.5, 0.6) is 0 Å². The summed E-state index contributed by atoms with van der Waals surface area (Å²) in [6, 6.07) is 3.08. The molecule has 7 heteroatoms. The van der Waals surface area contributed by atoms with Crippen molar-refractivity contribution in [2.24, 2.45) is 0 Å². The van der Waals surface area contributed by atoms with Crippen molar-refractivity contribution in [2.75, 3.05) is 26.8 Å². The average Bonchev–Trinajstić information content (AvgIpc) is 2.38. The van der Waals surface area contributed by atoms with Crippen LogP contribution in [0, 0.1) is 15.9 Å². The highest BCUT2D eigenvalue weighted by Gasteiger charge is 2.19. The van der Waals surface area contributed by atoms with Crippen LogP contribution in [0.1, 0.15) is 17.3 Å². The standard InChI is InChI=1S/C12H15FN2O4/c1-3-19-7-6-14(2)12(16)9-4-5-10(13)11(8-9)15(17)18/h4-5,8H,3,6-7H2,1-2H3. The van der Waals surface area contributed by atoms with Crippen LogP contribution in [-0.4, -0.2) is 42.5 Å². The Bertz CT molecular complexity index is 479. The van der Waals surface area contributed by atoms with Crippen molar-refractivity contribution in [2.45, 2.75) is 6.92 Å². The Morgan fingerprint density at radius 3 is 2.79 bits per heavy atom. The van der Waals surface area contributed by atoms with E-state index in [1.54, 1.807) is 7.05 Å². The van der Waals surface area contributed by atoms with Crippen LogP contribution >= 0.6 is 0 Å². The summed E-state index contributed by atoms with van der Waals surface area (Å²) in [4.78, 5) is 23.1. The first kappa shape index (κ1) is 15.0. The maximum atomic E-state index is 13.1. The van der Waals surface area contributed by atoms with E-state index in [0.717, 1.165) is 12.1 Å². The van der Waals surface area contributed by atoms with Gasteiger partial charge in [0.2, 0.25) is 5.82 Å². The quantitative estimate of drug-likeness (QED) is 0.449. The molecule has 0 atom stereocenters. The molecule has 0 saturated heterocycles. The van der Waals surface area contributed by atoms with Gasteiger partial charge in [-0.25, -0.2) is 0 Å². The van der Waals surface area contributed by atoms with Gasteiger partial charge in [-0.05, 0) is 19.1 Å². The van der Waals surface area contributed by atoms with Gasteiger partial charge in [0.1, 0.15) is 0 Å². The van der Waals surface area contributed by atoms with Gasteiger partial charge in [-0.3, -0.25) is 14.9 Å². The summed E-state index contributed by atoms with van der Waals surface area (Å²) in [5, 5.41) is 10.6. The predicted octanol–water partition coefficient (Wildman–Crippen LogP) is 1.84. The van der Waals surface area contributed by atoms with E-state index in [-0.39, 0.29) is 5.56 Å². The Morgan fingerprint density at radius 2 is 2.21 bits per heavy atom. The molecule has 1 rings (SSSR count). The first-order chi connectivity index (χ1) is 8.97. The fraction of sp³-hybridized carbons (Fsp3) is 0.417. The number of nitro groups is 1. The van der Waals surface area contributed by atoms with E-state index in [9.17, 15) is 19.3 Å². The van der Waals surface area contributed by atoms with Crippen molar-refractivity contribution in [3.8, 4) is 0 Å². The predicted molar refractivity (Wildman–Crippen MR) is 66.5 cm³/mol. The maximum Gasteiger partial charge on any atom is 0.305 e. The lowest BCUT2D eigenvalue weighted by atomic mass is 10.1. The lowest BCUT2D eigenvalue weighted by Gasteiger charge is -2.16. The minimum Gasteiger partial charge on any atom is -0.380 e. The monoisotopic (exact) mass is 270 g/mol. The Balaban J connectivity index is 2.82. The van der Waals surface area contributed by atoms with E-state index in [0.29, 0.717) is 19.8 Å². The first-order valence-electron chi connectivity index (χ1n) is 5.74. The zero-order valence-corrected chi connectivity index (χ0v) is 10.8. The summed E-state index contributed by atoms with van der Waals surface area (Å²) in [5.74, 6) is -1.37. The molecule has 0 aliphatic carbocycles. The van der Waals surface area contributed by atoms with Crippen molar-refractivity contribution in [3.05, 3.63) is 39.7 Å². The zero-order valence-electron chi connectivity index (χ0n) is 10.8. The minimum atomic E-state index is -0.960. The number of carbonyl (C=O) groups excluding carboxylic acids is 1. The largest absolute Gasteiger partial charge is 0.380 e. The molecule has 1 amide bonds. The van der Waals surface area contributed by atoms with Gasteiger partial charge in [-0.2, -0.15) is 4.39 Å². The molecule has 0 aliphatic rings. The van der Waals surface area contributed by atoms with Crippen LogP contribution in [0.2, 0.25) is 0 Å². The van der Waals surface area contributed by atoms with Crippen molar-refractivity contribution in [1.82, 2.24) is 4.90 Å². The summed E-state index contributed by atoms with van der Waals surface area (Å²) >= 11 is 0. The van der Waals surface area contributed by atoms with Crippen LogP contribution in [0.4, 0.5) is 10.1 Å². The lowest BCUT2D eigenvalue weighted by Crippen LogP contribution is -2.30. The third kappa shape index (κ3) is 3.99. The fourth-order valence-electron chi connectivity index (χ4n) is 1.45. The average molecular weight is 270 g/mol. The van der Waals surface area contributed by atoms with E-state index >= 15 is 0 Å². The van der Waals surface area contributed by atoms with Crippen LogP contribution in [0.3, 0.4) is 0 Å². The SMILES string of the molecule is CCOCCN(C)C(=O)c1ccc(F)c([N+](=O)[O-])c1. The zero-order chi connectivity index (χ0) is 14.4. The van der Waals surface area contributed by atoms with Crippen molar-refractivity contribution in [1.29, 1.82) is 0 Å². The normalized spacial score (nSPS) is 10.3. The number of benzene rings is 1. The second-order valence-corrected chi connectivity index (χ2v) is 3.85. The van der Waals surface area contributed by atoms with Gasteiger partial charge in [-0.15, -0.1) is 0 Å². The molecule has 1 aromatic carbocycles. The van der Waals surface area contributed by atoms with E-state index < -0.39 is 22.3 Å². The molecule has 1 aromatic rings. The van der Waals surface area contributed by atoms with Gasteiger partial charge in [0.25, 0.3) is 5.91 Å². The topological polar surface area (TPSA) is 72.7 Å². The highest BCUT2D eigenvalue weighted by Crippen LogP contribution is 2.19. The Hall–Kier alpha value is -2.02. The number of hydrogen-bond acceptors (Lipinski definition) is 4. The highest BCUT2D eigenvalue weighted by atomic mass is 19.1. The van der Waals surface area contributed by atoms with Gasteiger partial charge in [-0.1, -0.05) is 0 Å². The summed E-state index contributed by atoms with van der Waals surface area (Å²) < 4.78 is 18.3. The Labute approximate surface area is 109 Å². The van der Waals surface area contributed by atoms with Crippen molar-refractivity contribution < 1.29 is 18.8 Å². The second kappa shape index (κ2) is 6.79. The smallest absolute Gasteiger partial charge is 0.305 e. The van der Waals surface area contributed by atoms with Gasteiger partial charge in [0, 0.05) is 31.8 Å². The molecule has 0 aromatic heterocycles. The molecule has 104 valence electrons. The van der Waals surface area contributed by atoms with Gasteiger partial charge < -0.3 is 9.64 Å². The minimum absolute atomic E-state index is 0.0760. The number of nitrogens with zero attached hydrogens (tertiary/aromatic N) is 2. The van der Waals surface area contributed by atoms with E-state index in [1.807, 2.05) is 6.92 Å². The van der Waals surface area contributed by atoms with Crippen molar-refractivity contribution in [3.63, 3.8) is 0 Å². The molecule has 6 nitrogen and oxygen atoms in total. The number of ether oxygens (including phenoxy) is 1. The number of hydrogen-bond donors (Lipinski definition) is 0. The molecule has 0 aliphatic heterocycles. The Morgan fingerprint density at radius 1 is 1.53 bits per heavy atom. The van der Waals surface area contributed by atoms with Gasteiger partial charge in [0.05, 0.1) is 11.5 Å². The van der Waals surface area contributed by atoms with E-state index in [1.165, 1.54) is 11.0 Å². The third-order valence-electron chi connectivity index (χ3n) is 2.51. The van der Waals surface area contributed by atoms with Gasteiger partial charge in [0.15, 0.2) is 0 Å². The molecule has 0 unspecified atom stereocenters. The number of rotatable bonds is 6. The number of amides is 1. The fourth-order valence-corrected chi connectivity index (χ4v) is 1.45. The summed E-state index contributed by atoms with van der Waals surface area (Å²) in [5.41, 5.74) is -0.629. The molecule has 0 spiro atoms. The molecule has 0 bridgehead atoms. The molecule has 19 heavy (non-hydrogen) atoms. The van der Waals surface area contributed by atoms with Crippen LogP contribution in [-0.2, 0) is 4.74 Å². The van der Waals surface area contributed by atoms with Crippen LogP contribution in [0.15, 0.2) is 18.2 Å². The second-order valence-electron chi connectivity index (χ2n) is 3.85. The first-order valence-corrected chi connectivity index (χ1v) is 5.74. The number of carbonyl (C=O) groups is 1. The summed E-state index contributed by atoms with van der Waals surface area (Å²) in [6.07, 6.45) is 0. The van der Waals surface area contributed by atoms with E-state index in [4.69, 9.17) is 4.74 Å². The molecule has 0 radical (unpaired) electrons. The van der Waals surface area contributed by atoms with Crippen molar-refractivity contribution >= 4 is 11.6 Å². The number of likely N-dealkylation sites (N-methyl/N-ethyl adjacent to an activating group) is 1. The molecule has 0 fully saturated rings. The Kier molecular flexibility index (Phi) is 5.37. The van der Waals surface area contributed by atoms with Crippen LogP contribution < -0.4 is 0 Å². The molecular formula is C12H15FN2O4. The summed E-state index contributed by atoms with van der Waals surface area (Å²) in [7, 11) is 1.55. The lowest BCUT2D eigenvalue weighted by molar-refractivity contribution is -0.387. The third-order valence-corrected chi connectivity index (χ3v) is 2.51. The molecule has 0 N–H and O–H groups in total. The highest BCUT2D eigenvalue weighted by molar-refractivity contribution is 5.94. The van der Waals surface area contributed by atoms with E-state index in [2.05, 4.69) is 0 Å². The molecule has 0 saturated carbocycles. The van der Waals surface area contributed by atoms with Gasteiger partial charge >= 0.3 is 5.69 Å². The molecular weight excluding hydrogens is 255 g/mol. The number of nitro benzene ring substituents is 1.